The van der Waals surface area contributed by atoms with Crippen molar-refractivity contribution in [2.45, 2.75) is 18.2 Å². The van der Waals surface area contributed by atoms with Crippen LogP contribution in [0.2, 0.25) is 0 Å². The fraction of sp³-hybridized carbons (Fsp3) is 0.0435. The van der Waals surface area contributed by atoms with Crippen molar-refractivity contribution < 1.29 is 15.4 Å². The van der Waals surface area contributed by atoms with Gasteiger partial charge >= 0.3 is 0 Å². The first-order valence-electron chi connectivity index (χ1n) is 28.2. The monoisotopic (exact) mass is 913 g/mol. The molecule has 0 N–H and O–H groups in total. The molecule has 0 bridgehead atoms. The van der Waals surface area contributed by atoms with Crippen molar-refractivity contribution in [1.82, 2.24) is 0 Å². The third kappa shape index (κ3) is 6.56. The van der Waals surface area contributed by atoms with Gasteiger partial charge in [-0.25, -0.2) is 0 Å². The summed E-state index contributed by atoms with van der Waals surface area (Å²) in [6, 6.07) is 73.0. The number of rotatable bonds is 8. The van der Waals surface area contributed by atoms with Crippen LogP contribution in [0.4, 0.5) is 11.4 Å². The molecule has 2 atom stereocenters. The largest absolute Gasteiger partial charge is 0.455 e. The Hall–Kier alpha value is -8.98. The Balaban J connectivity index is 1.00. The minimum absolute atomic E-state index is 0.0173. The highest BCUT2D eigenvalue weighted by molar-refractivity contribution is 6.14. The number of hydrogen-bond acceptors (Lipinski definition) is 2. The smallest absolute Gasteiger partial charge is 0.143 e. The van der Waals surface area contributed by atoms with E-state index in [0.717, 1.165) is 76.8 Å². The summed E-state index contributed by atoms with van der Waals surface area (Å²) in [4.78, 5) is 1.86. The van der Waals surface area contributed by atoms with Gasteiger partial charge in [-0.05, 0) is 138 Å². The second kappa shape index (κ2) is 16.6. The highest BCUT2D eigenvalue weighted by Gasteiger charge is 2.46. The van der Waals surface area contributed by atoms with Gasteiger partial charge in [0.25, 0.3) is 0 Å². The molecule has 0 saturated carbocycles. The molecule has 0 radical (unpaired) electrons. The Morgan fingerprint density at radius 2 is 1.03 bits per heavy atom. The molecule has 2 heteroatoms. The van der Waals surface area contributed by atoms with Crippen LogP contribution in [0.5, 0.6) is 0 Å². The minimum Gasteiger partial charge on any atom is -0.455 e. The van der Waals surface area contributed by atoms with Gasteiger partial charge in [-0.2, -0.15) is 0 Å². The van der Waals surface area contributed by atoms with Crippen molar-refractivity contribution in [3.05, 3.63) is 294 Å². The number of furan rings is 1. The van der Waals surface area contributed by atoms with E-state index in [1.807, 2.05) is 89.8 Å². The Kier molecular flexibility index (Phi) is 7.84. The number of fused-ring (bicyclic) bond motifs is 9. The fourth-order valence-corrected chi connectivity index (χ4v) is 11.3. The molecule has 1 heterocycles. The van der Waals surface area contributed by atoms with Gasteiger partial charge in [-0.3, -0.25) is 0 Å². The lowest BCUT2D eigenvalue weighted by Crippen LogP contribution is -2.29. The topological polar surface area (TPSA) is 16.4 Å². The summed E-state index contributed by atoms with van der Waals surface area (Å²) in [6.45, 7) is 0. The van der Waals surface area contributed by atoms with Crippen LogP contribution < -0.4 is 4.90 Å². The quantitative estimate of drug-likeness (QED) is 0.141. The molecule has 2 aliphatic rings. The summed E-state index contributed by atoms with van der Waals surface area (Å²) in [5, 5.41) is 5.98. The predicted octanol–water partition coefficient (Wildman–Crippen LogP) is 18.5. The summed E-state index contributed by atoms with van der Waals surface area (Å²) in [7, 11) is 0. The van der Waals surface area contributed by atoms with Crippen molar-refractivity contribution in [3.8, 4) is 33.4 Å². The molecule has 0 amide bonds. The molecule has 71 heavy (non-hydrogen) atoms. The number of benzene rings is 11. The third-order valence-electron chi connectivity index (χ3n) is 14.4. The summed E-state index contributed by atoms with van der Waals surface area (Å²) in [5.74, 6) is 0. The first kappa shape index (κ1) is 33.5. The molecule has 11 aromatic carbocycles. The number of anilines is 2. The van der Waals surface area contributed by atoms with E-state index < -0.39 is 36.3 Å². The second-order valence-electron chi connectivity index (χ2n) is 18.2. The number of allylic oxidation sites excluding steroid dienone is 4. The Morgan fingerprint density at radius 1 is 0.408 bits per heavy atom. The lowest BCUT2D eigenvalue weighted by molar-refractivity contribution is 0.670. The van der Waals surface area contributed by atoms with Gasteiger partial charge in [-0.15, -0.1) is 0 Å². The highest BCUT2D eigenvalue weighted by Crippen LogP contribution is 2.57. The van der Waals surface area contributed by atoms with Gasteiger partial charge in [0.15, 0.2) is 0 Å². The van der Waals surface area contributed by atoms with E-state index >= 15 is 0 Å². The Labute approximate surface area is 425 Å². The van der Waals surface area contributed by atoms with Crippen molar-refractivity contribution in [3.63, 3.8) is 0 Å². The average Bonchev–Trinajstić information content (AvgIpc) is 3.60. The van der Waals surface area contributed by atoms with Crippen LogP contribution in [-0.2, 0) is 5.41 Å². The normalized spacial score (nSPS) is 17.7. The van der Waals surface area contributed by atoms with Crippen molar-refractivity contribution in [1.29, 1.82) is 0 Å². The average molecular weight is 914 g/mol. The molecule has 334 valence electrons. The van der Waals surface area contributed by atoms with Gasteiger partial charge in [0.2, 0.25) is 0 Å². The number of para-hydroxylation sites is 2. The molecule has 0 fully saturated rings. The zero-order valence-corrected chi connectivity index (χ0v) is 38.4. The lowest BCUT2D eigenvalue weighted by atomic mass is 9.67. The van der Waals surface area contributed by atoms with E-state index in [0.29, 0.717) is 28.1 Å². The van der Waals surface area contributed by atoms with Gasteiger partial charge in [-0.1, -0.05) is 218 Å². The lowest BCUT2D eigenvalue weighted by Gasteiger charge is -2.35. The third-order valence-corrected chi connectivity index (χ3v) is 14.4. The highest BCUT2D eigenvalue weighted by atomic mass is 16.3. The molecule has 0 saturated heterocycles. The number of nitrogens with zero attached hydrogens (tertiary/aromatic N) is 1. The van der Waals surface area contributed by atoms with Crippen LogP contribution in [0.3, 0.4) is 0 Å². The van der Waals surface area contributed by atoms with Crippen molar-refractivity contribution >= 4 is 60.4 Å². The SMILES string of the molecule is [2H]C1=C(c2c([2H])c([2H])c(-c3cccc4c3oc3ccccc34)c([2H])c2[2H])C([2H])C([2H])C(N(c2cccc(-c3cc4ccccc4c4ccccc34)c2)c2ccc3c(c2)C(c2ccccc2)(c2ccccc2)c2ccccc2-3)=C1[2H]. The van der Waals surface area contributed by atoms with Crippen LogP contribution in [0, 0.1) is 0 Å². The Morgan fingerprint density at radius 3 is 1.85 bits per heavy atom. The standard InChI is InChI=1S/C69H47NO/c1-3-19-51(20-4-1)69(52-21-5-2-6-22-52)65-31-13-11-27-60(65)61-42-41-55(45-66(61)69)70(54-23-15-18-49(43-54)64-44-50-17-7-8-24-56(50)58-25-9-10-26-59(58)64)53-39-37-47(38-40-53)46-33-35-48(36-34-46)57-29-16-30-63-62-28-12-14-32-67(62)71-68(57)63/h1-37,39,41-45H,38,40H2/i33D,34D,35D,36D,37D,38D,39D,40D. The van der Waals surface area contributed by atoms with Crippen LogP contribution in [-0.4, -0.2) is 0 Å². The summed E-state index contributed by atoms with van der Waals surface area (Å²) in [5.41, 5.74) is 9.62. The van der Waals surface area contributed by atoms with Gasteiger partial charge in [0, 0.05) is 36.1 Å². The van der Waals surface area contributed by atoms with Crippen LogP contribution in [0.1, 0.15) is 51.6 Å². The van der Waals surface area contributed by atoms with Crippen LogP contribution in [0.25, 0.3) is 82.4 Å². The first-order chi connectivity index (χ1) is 38.6. The maximum absolute atomic E-state index is 10.2. The van der Waals surface area contributed by atoms with Gasteiger partial charge in [0.05, 0.1) is 13.6 Å². The maximum atomic E-state index is 10.2. The Bertz CT molecular complexity index is 4500. The zero-order valence-electron chi connectivity index (χ0n) is 46.4. The van der Waals surface area contributed by atoms with E-state index in [1.165, 1.54) is 0 Å². The van der Waals surface area contributed by atoms with Crippen LogP contribution in [0.15, 0.2) is 271 Å². The molecule has 1 aromatic heterocycles. The molecule has 0 spiro atoms. The van der Waals surface area contributed by atoms with Crippen molar-refractivity contribution in [2.24, 2.45) is 0 Å². The second-order valence-corrected chi connectivity index (χ2v) is 18.2. The molecule has 0 aliphatic heterocycles. The zero-order chi connectivity index (χ0) is 53.8. The predicted molar refractivity (Wildman–Crippen MR) is 297 cm³/mol. The fourth-order valence-electron chi connectivity index (χ4n) is 11.3. The summed E-state index contributed by atoms with van der Waals surface area (Å²) in [6.07, 6.45) is -3.17. The number of hydrogen-bond donors (Lipinski definition) is 0. The van der Waals surface area contributed by atoms with Crippen LogP contribution >= 0.6 is 0 Å². The van der Waals surface area contributed by atoms with E-state index in [9.17, 15) is 11.0 Å². The van der Waals surface area contributed by atoms with E-state index in [-0.39, 0.29) is 40.5 Å². The summed E-state index contributed by atoms with van der Waals surface area (Å²) >= 11 is 0. The van der Waals surface area contributed by atoms with E-state index in [4.69, 9.17) is 4.42 Å². The molecule has 2 nitrogen and oxygen atoms in total. The minimum atomic E-state index is -1.62. The molecule has 2 aliphatic carbocycles. The molecule has 2 unspecified atom stereocenters. The van der Waals surface area contributed by atoms with E-state index in [2.05, 4.69) is 127 Å². The summed E-state index contributed by atoms with van der Waals surface area (Å²) < 4.78 is 84.5. The maximum Gasteiger partial charge on any atom is 0.143 e. The first-order valence-corrected chi connectivity index (χ1v) is 24.0. The molecular weight excluding hydrogens is 859 g/mol. The molecular formula is C69H47NO. The molecule has 14 rings (SSSR count). The van der Waals surface area contributed by atoms with Gasteiger partial charge < -0.3 is 9.32 Å². The van der Waals surface area contributed by atoms with Gasteiger partial charge in [0.1, 0.15) is 11.2 Å². The van der Waals surface area contributed by atoms with Crippen molar-refractivity contribution in [2.75, 3.05) is 4.90 Å². The van der Waals surface area contributed by atoms with E-state index in [1.54, 1.807) is 12.1 Å². The molecule has 12 aromatic rings.